The molecular formula is C18H16ClN3O2S. The molecule has 25 heavy (non-hydrogen) atoms. The van der Waals surface area contributed by atoms with Gasteiger partial charge in [0.15, 0.2) is 0 Å². The number of hydrogen-bond acceptors (Lipinski definition) is 5. The monoisotopic (exact) mass is 373 g/mol. The SMILES string of the molecule is Cc1cccc(-c2nnc(SCC(=O)Nc3ccc(C)c(Cl)c3)o2)c1. The number of nitrogens with zero attached hydrogens (tertiary/aromatic N) is 2. The Labute approximate surface area is 154 Å². The molecule has 0 bridgehead atoms. The van der Waals surface area contributed by atoms with E-state index in [4.69, 9.17) is 16.0 Å². The highest BCUT2D eigenvalue weighted by atomic mass is 35.5. The molecule has 0 fully saturated rings. The average Bonchev–Trinajstić information content (AvgIpc) is 3.05. The number of aromatic nitrogens is 2. The van der Waals surface area contributed by atoms with Gasteiger partial charge in [-0.05, 0) is 43.7 Å². The molecule has 0 unspecified atom stereocenters. The fourth-order valence-corrected chi connectivity index (χ4v) is 2.90. The van der Waals surface area contributed by atoms with E-state index < -0.39 is 0 Å². The molecule has 7 heteroatoms. The van der Waals surface area contributed by atoms with Gasteiger partial charge in [-0.25, -0.2) is 0 Å². The predicted octanol–water partition coefficient (Wildman–Crippen LogP) is 4.74. The van der Waals surface area contributed by atoms with Gasteiger partial charge in [-0.15, -0.1) is 10.2 Å². The van der Waals surface area contributed by atoms with Crippen LogP contribution < -0.4 is 5.32 Å². The van der Waals surface area contributed by atoms with E-state index in [-0.39, 0.29) is 11.7 Å². The smallest absolute Gasteiger partial charge is 0.277 e. The molecule has 1 heterocycles. The van der Waals surface area contributed by atoms with Gasteiger partial charge >= 0.3 is 0 Å². The third-order valence-electron chi connectivity index (χ3n) is 3.45. The van der Waals surface area contributed by atoms with Crippen LogP contribution in [0.3, 0.4) is 0 Å². The molecule has 128 valence electrons. The van der Waals surface area contributed by atoms with Gasteiger partial charge in [0.1, 0.15) is 0 Å². The Morgan fingerprint density at radius 1 is 1.20 bits per heavy atom. The number of thioether (sulfide) groups is 1. The summed E-state index contributed by atoms with van der Waals surface area (Å²) >= 11 is 7.24. The molecule has 0 radical (unpaired) electrons. The molecule has 5 nitrogen and oxygen atoms in total. The van der Waals surface area contributed by atoms with Crippen molar-refractivity contribution in [1.82, 2.24) is 10.2 Å². The first-order valence-corrected chi connectivity index (χ1v) is 8.97. The number of hydrogen-bond donors (Lipinski definition) is 1. The summed E-state index contributed by atoms with van der Waals surface area (Å²) in [6.07, 6.45) is 0. The Hall–Kier alpha value is -2.31. The lowest BCUT2D eigenvalue weighted by Gasteiger charge is -2.05. The van der Waals surface area contributed by atoms with Crippen LogP contribution in [0.1, 0.15) is 11.1 Å². The van der Waals surface area contributed by atoms with Crippen molar-refractivity contribution < 1.29 is 9.21 Å². The number of nitrogens with one attached hydrogen (secondary N) is 1. The van der Waals surface area contributed by atoms with Crippen molar-refractivity contribution in [2.24, 2.45) is 0 Å². The maximum atomic E-state index is 12.0. The standard InChI is InChI=1S/C18H16ClN3O2S/c1-11-4-3-5-13(8-11)17-21-22-18(24-17)25-10-16(23)20-14-7-6-12(2)15(19)9-14/h3-9H,10H2,1-2H3,(H,20,23). The van der Waals surface area contributed by atoms with Gasteiger partial charge < -0.3 is 9.73 Å². The number of benzene rings is 2. The highest BCUT2D eigenvalue weighted by Gasteiger charge is 2.12. The highest BCUT2D eigenvalue weighted by Crippen LogP contribution is 2.24. The molecule has 0 atom stereocenters. The summed E-state index contributed by atoms with van der Waals surface area (Å²) in [7, 11) is 0. The van der Waals surface area contributed by atoms with E-state index in [0.717, 1.165) is 16.7 Å². The lowest BCUT2D eigenvalue weighted by molar-refractivity contribution is -0.113. The second kappa shape index (κ2) is 7.72. The molecule has 1 N–H and O–H groups in total. The van der Waals surface area contributed by atoms with Crippen LogP contribution in [0.25, 0.3) is 11.5 Å². The summed E-state index contributed by atoms with van der Waals surface area (Å²) in [5.74, 6) is 0.443. The highest BCUT2D eigenvalue weighted by molar-refractivity contribution is 7.99. The molecule has 0 spiro atoms. The minimum absolute atomic E-state index is 0.166. The van der Waals surface area contributed by atoms with Gasteiger partial charge in [-0.3, -0.25) is 4.79 Å². The largest absolute Gasteiger partial charge is 0.411 e. The third-order valence-corrected chi connectivity index (χ3v) is 4.68. The van der Waals surface area contributed by atoms with Crippen LogP contribution in [-0.4, -0.2) is 21.9 Å². The van der Waals surface area contributed by atoms with Crippen molar-refractivity contribution in [2.75, 3.05) is 11.1 Å². The van der Waals surface area contributed by atoms with Crippen LogP contribution in [0.15, 0.2) is 52.1 Å². The van der Waals surface area contributed by atoms with Gasteiger partial charge in [-0.2, -0.15) is 0 Å². The van der Waals surface area contributed by atoms with E-state index in [0.29, 0.717) is 21.8 Å². The van der Waals surface area contributed by atoms with Gasteiger partial charge in [0.05, 0.1) is 5.75 Å². The van der Waals surface area contributed by atoms with E-state index in [1.165, 1.54) is 11.8 Å². The molecule has 0 saturated carbocycles. The van der Waals surface area contributed by atoms with Crippen LogP contribution in [-0.2, 0) is 4.79 Å². The fraction of sp³-hybridized carbons (Fsp3) is 0.167. The summed E-state index contributed by atoms with van der Waals surface area (Å²) in [4.78, 5) is 12.0. The van der Waals surface area contributed by atoms with Crippen LogP contribution >= 0.6 is 23.4 Å². The lowest BCUT2D eigenvalue weighted by atomic mass is 10.1. The molecule has 1 amide bonds. The molecule has 3 aromatic rings. The molecular weight excluding hydrogens is 358 g/mol. The van der Waals surface area contributed by atoms with Crippen molar-refractivity contribution in [3.63, 3.8) is 0 Å². The summed E-state index contributed by atoms with van der Waals surface area (Å²) < 4.78 is 5.60. The molecule has 0 aliphatic heterocycles. The van der Waals surface area contributed by atoms with Crippen molar-refractivity contribution in [3.05, 3.63) is 58.6 Å². The minimum Gasteiger partial charge on any atom is -0.411 e. The van der Waals surface area contributed by atoms with Gasteiger partial charge in [0.2, 0.25) is 11.8 Å². The van der Waals surface area contributed by atoms with Crippen molar-refractivity contribution in [1.29, 1.82) is 0 Å². The number of rotatable bonds is 5. The Balaban J connectivity index is 1.58. The average molecular weight is 374 g/mol. The second-order valence-corrected chi connectivity index (χ2v) is 6.88. The van der Waals surface area contributed by atoms with E-state index in [9.17, 15) is 4.79 Å². The van der Waals surface area contributed by atoms with Crippen molar-refractivity contribution in [2.45, 2.75) is 19.1 Å². The molecule has 2 aromatic carbocycles. The Bertz CT molecular complexity index is 911. The normalized spacial score (nSPS) is 10.7. The molecule has 1 aromatic heterocycles. The topological polar surface area (TPSA) is 68.0 Å². The van der Waals surface area contributed by atoms with Crippen molar-refractivity contribution in [3.8, 4) is 11.5 Å². The number of anilines is 1. The number of carbonyl (C=O) groups is 1. The zero-order valence-corrected chi connectivity index (χ0v) is 15.3. The zero-order valence-electron chi connectivity index (χ0n) is 13.7. The number of halogens is 1. The number of amides is 1. The van der Waals surface area contributed by atoms with E-state index >= 15 is 0 Å². The first-order valence-electron chi connectivity index (χ1n) is 7.60. The van der Waals surface area contributed by atoms with Crippen LogP contribution in [0.4, 0.5) is 5.69 Å². The van der Waals surface area contributed by atoms with E-state index in [1.807, 2.05) is 50.2 Å². The van der Waals surface area contributed by atoms with Crippen LogP contribution in [0.5, 0.6) is 0 Å². The maximum Gasteiger partial charge on any atom is 0.277 e. The van der Waals surface area contributed by atoms with Gasteiger partial charge in [0.25, 0.3) is 5.22 Å². The first kappa shape index (κ1) is 17.5. The summed E-state index contributed by atoms with van der Waals surface area (Å²) in [6, 6.07) is 13.2. The second-order valence-electron chi connectivity index (χ2n) is 5.54. The van der Waals surface area contributed by atoms with E-state index in [2.05, 4.69) is 15.5 Å². The predicted molar refractivity (Wildman–Crippen MR) is 100 cm³/mol. The van der Waals surface area contributed by atoms with Gasteiger partial charge in [-0.1, -0.05) is 47.1 Å². The summed E-state index contributed by atoms with van der Waals surface area (Å²) in [5, 5.41) is 11.8. The minimum atomic E-state index is -0.166. The van der Waals surface area contributed by atoms with Crippen LogP contribution in [0.2, 0.25) is 5.02 Å². The summed E-state index contributed by atoms with van der Waals surface area (Å²) in [6.45, 7) is 3.91. The quantitative estimate of drug-likeness (QED) is 0.654. The fourth-order valence-electron chi connectivity index (χ4n) is 2.16. The van der Waals surface area contributed by atoms with Crippen molar-refractivity contribution >= 4 is 35.0 Å². The maximum absolute atomic E-state index is 12.0. The van der Waals surface area contributed by atoms with Crippen LogP contribution in [0, 0.1) is 13.8 Å². The zero-order chi connectivity index (χ0) is 17.8. The molecule has 3 rings (SSSR count). The molecule has 0 saturated heterocycles. The Kier molecular flexibility index (Phi) is 5.40. The Morgan fingerprint density at radius 3 is 2.80 bits per heavy atom. The number of carbonyl (C=O) groups excluding carboxylic acids is 1. The lowest BCUT2D eigenvalue weighted by Crippen LogP contribution is -2.14. The molecule has 0 aliphatic rings. The third kappa shape index (κ3) is 4.61. The molecule has 0 aliphatic carbocycles. The summed E-state index contributed by atoms with van der Waals surface area (Å²) in [5.41, 5.74) is 3.59. The van der Waals surface area contributed by atoms with Gasteiger partial charge in [0, 0.05) is 16.3 Å². The number of aryl methyl sites for hydroxylation is 2. The first-order chi connectivity index (χ1) is 12.0. The Morgan fingerprint density at radius 2 is 2.04 bits per heavy atom. The van der Waals surface area contributed by atoms with E-state index in [1.54, 1.807) is 6.07 Å².